The Morgan fingerprint density at radius 3 is 2.48 bits per heavy atom. The molecule has 0 unspecified atom stereocenters. The summed E-state index contributed by atoms with van der Waals surface area (Å²) in [6, 6.07) is 14.2. The third-order valence-electron chi connectivity index (χ3n) is 5.88. The summed E-state index contributed by atoms with van der Waals surface area (Å²) >= 11 is 1.46. The average Bonchev–Trinajstić information content (AvgIpc) is 3.11. The molecule has 0 radical (unpaired) electrons. The van der Waals surface area contributed by atoms with Crippen LogP contribution >= 0.6 is 11.8 Å². The average molecular weight is 477 g/mol. The first-order chi connectivity index (χ1) is 15.7. The molecular weight excluding hydrogens is 453 g/mol. The van der Waals surface area contributed by atoms with Gasteiger partial charge in [0.2, 0.25) is 0 Å². The number of halogens is 3. The quantitative estimate of drug-likeness (QED) is 0.376. The molecule has 1 fully saturated rings. The lowest BCUT2D eigenvalue weighted by Gasteiger charge is -2.36. The van der Waals surface area contributed by atoms with Gasteiger partial charge in [0, 0.05) is 16.9 Å². The van der Waals surface area contributed by atoms with Gasteiger partial charge in [0.15, 0.2) is 0 Å². The molecule has 174 valence electrons. The van der Waals surface area contributed by atoms with E-state index in [4.69, 9.17) is 9.15 Å². The molecule has 1 aliphatic rings. The predicted molar refractivity (Wildman–Crippen MR) is 120 cm³/mol. The Balaban J connectivity index is 1.39. The number of thioether (sulfide) groups is 1. The second kappa shape index (κ2) is 9.17. The van der Waals surface area contributed by atoms with Gasteiger partial charge in [0.1, 0.15) is 28.6 Å². The fourth-order valence-corrected chi connectivity index (χ4v) is 4.98. The van der Waals surface area contributed by atoms with Gasteiger partial charge in [-0.25, -0.2) is 0 Å². The van der Waals surface area contributed by atoms with Crippen LogP contribution in [0.1, 0.15) is 41.7 Å². The van der Waals surface area contributed by atoms with Gasteiger partial charge in [-0.3, -0.25) is 4.79 Å². The van der Waals surface area contributed by atoms with Crippen LogP contribution in [-0.4, -0.2) is 15.8 Å². The fraction of sp³-hybridized carbons (Fsp3) is 0.320. The third-order valence-corrected chi connectivity index (χ3v) is 7.49. The van der Waals surface area contributed by atoms with E-state index in [-0.39, 0.29) is 6.61 Å². The van der Waals surface area contributed by atoms with Crippen LogP contribution in [-0.2, 0) is 23.3 Å². The molecule has 2 aromatic carbocycles. The molecule has 1 aliphatic carbocycles. The van der Waals surface area contributed by atoms with Crippen LogP contribution in [0.4, 0.5) is 13.2 Å². The van der Waals surface area contributed by atoms with Gasteiger partial charge in [-0.05, 0) is 62.1 Å². The molecular formula is C25H23F3O4S. The standard InChI is InChI=1S/C25H23F3O4S/c1-16-19(13-22(32-16)18-6-8-20(9-7-18)25(26,27)28)14-31-21-5-2-4-17(12-21)15-33-24(23(29)30)10-3-11-24/h2,4-9,12-13H,3,10-11,14-15H2,1H3,(H,29,30). The molecule has 0 bridgehead atoms. The van der Waals surface area contributed by atoms with Crippen molar-refractivity contribution in [3.63, 3.8) is 0 Å². The number of hydrogen-bond acceptors (Lipinski definition) is 4. The molecule has 4 nitrogen and oxygen atoms in total. The van der Waals surface area contributed by atoms with Crippen LogP contribution < -0.4 is 4.74 Å². The Labute approximate surface area is 193 Å². The Bertz CT molecular complexity index is 1130. The van der Waals surface area contributed by atoms with E-state index in [1.807, 2.05) is 24.3 Å². The number of aliphatic carboxylic acids is 1. The molecule has 0 atom stereocenters. The van der Waals surface area contributed by atoms with Crippen molar-refractivity contribution in [3.8, 4) is 17.1 Å². The predicted octanol–water partition coefficient (Wildman–Crippen LogP) is 7.09. The third kappa shape index (κ3) is 5.21. The van der Waals surface area contributed by atoms with Crippen LogP contribution in [0, 0.1) is 6.92 Å². The first-order valence-corrected chi connectivity index (χ1v) is 11.5. The van der Waals surface area contributed by atoms with E-state index in [0.29, 0.717) is 41.4 Å². The monoisotopic (exact) mass is 476 g/mol. The zero-order valence-corrected chi connectivity index (χ0v) is 18.8. The van der Waals surface area contributed by atoms with E-state index in [9.17, 15) is 23.1 Å². The van der Waals surface area contributed by atoms with Crippen LogP contribution in [0.3, 0.4) is 0 Å². The first kappa shape index (κ1) is 23.3. The topological polar surface area (TPSA) is 59.7 Å². The van der Waals surface area contributed by atoms with Crippen LogP contribution in [0.5, 0.6) is 5.75 Å². The van der Waals surface area contributed by atoms with Gasteiger partial charge >= 0.3 is 12.1 Å². The molecule has 3 aromatic rings. The van der Waals surface area contributed by atoms with Crippen LogP contribution in [0.15, 0.2) is 59.0 Å². The number of alkyl halides is 3. The van der Waals surface area contributed by atoms with Crippen LogP contribution in [0.25, 0.3) is 11.3 Å². The van der Waals surface area contributed by atoms with Crippen molar-refractivity contribution in [1.82, 2.24) is 0 Å². The highest BCUT2D eigenvalue weighted by Crippen LogP contribution is 2.45. The number of carboxylic acid groups (broad SMARTS) is 1. The summed E-state index contributed by atoms with van der Waals surface area (Å²) in [7, 11) is 0. The van der Waals surface area contributed by atoms with Crippen LogP contribution in [0.2, 0.25) is 0 Å². The normalized spacial score (nSPS) is 15.2. The van der Waals surface area contributed by atoms with Crippen molar-refractivity contribution < 1.29 is 32.2 Å². The molecule has 0 saturated heterocycles. The molecule has 1 heterocycles. The number of benzene rings is 2. The summed E-state index contributed by atoms with van der Waals surface area (Å²) in [6.45, 7) is 2.02. The molecule has 1 saturated carbocycles. The highest BCUT2D eigenvalue weighted by atomic mass is 32.2. The van der Waals surface area contributed by atoms with E-state index in [1.54, 1.807) is 13.0 Å². The van der Waals surface area contributed by atoms with Gasteiger partial charge < -0.3 is 14.3 Å². The zero-order valence-electron chi connectivity index (χ0n) is 17.9. The lowest BCUT2D eigenvalue weighted by atomic mass is 9.84. The van der Waals surface area contributed by atoms with E-state index < -0.39 is 22.5 Å². The van der Waals surface area contributed by atoms with Gasteiger partial charge in [0.05, 0.1) is 5.56 Å². The first-order valence-electron chi connectivity index (χ1n) is 10.5. The minimum absolute atomic E-state index is 0.242. The number of carboxylic acids is 1. The van der Waals surface area contributed by atoms with Crippen molar-refractivity contribution in [2.75, 3.05) is 0 Å². The molecule has 0 amide bonds. The maximum absolute atomic E-state index is 12.8. The number of furan rings is 1. The van der Waals surface area contributed by atoms with E-state index in [1.165, 1.54) is 23.9 Å². The Kier molecular flexibility index (Phi) is 6.47. The number of hydrogen-bond donors (Lipinski definition) is 1. The smallest absolute Gasteiger partial charge is 0.416 e. The van der Waals surface area contributed by atoms with Gasteiger partial charge in [-0.2, -0.15) is 13.2 Å². The van der Waals surface area contributed by atoms with Crippen molar-refractivity contribution >= 4 is 17.7 Å². The molecule has 4 rings (SSSR count). The summed E-state index contributed by atoms with van der Waals surface area (Å²) in [6.07, 6.45) is -2.04. The largest absolute Gasteiger partial charge is 0.489 e. The minimum Gasteiger partial charge on any atom is -0.489 e. The maximum atomic E-state index is 12.8. The Morgan fingerprint density at radius 2 is 1.88 bits per heavy atom. The maximum Gasteiger partial charge on any atom is 0.416 e. The lowest BCUT2D eigenvalue weighted by Crippen LogP contribution is -2.41. The van der Waals surface area contributed by atoms with Crippen molar-refractivity contribution in [2.45, 2.75) is 49.5 Å². The SMILES string of the molecule is Cc1oc(-c2ccc(C(F)(F)F)cc2)cc1COc1cccc(CSC2(C(=O)O)CCC2)c1. The molecule has 33 heavy (non-hydrogen) atoms. The molecule has 8 heteroatoms. The van der Waals surface area contributed by atoms with Crippen molar-refractivity contribution in [3.05, 3.63) is 77.0 Å². The molecule has 0 spiro atoms. The highest BCUT2D eigenvalue weighted by Gasteiger charge is 2.44. The second-order valence-corrected chi connectivity index (χ2v) is 9.50. The summed E-state index contributed by atoms with van der Waals surface area (Å²) < 4.78 is 49.3. The van der Waals surface area contributed by atoms with Crippen molar-refractivity contribution in [1.29, 1.82) is 0 Å². The molecule has 1 aromatic heterocycles. The van der Waals surface area contributed by atoms with Gasteiger partial charge in [0.25, 0.3) is 0 Å². The Hall–Kier alpha value is -2.87. The fourth-order valence-electron chi connectivity index (χ4n) is 3.65. The Morgan fingerprint density at radius 1 is 1.15 bits per heavy atom. The van der Waals surface area contributed by atoms with Gasteiger partial charge in [-0.1, -0.05) is 24.3 Å². The molecule has 1 N–H and O–H groups in total. The summed E-state index contributed by atoms with van der Waals surface area (Å²) in [5.41, 5.74) is 1.63. The lowest BCUT2D eigenvalue weighted by molar-refractivity contribution is -0.142. The summed E-state index contributed by atoms with van der Waals surface area (Å²) in [4.78, 5) is 11.5. The zero-order chi connectivity index (χ0) is 23.6. The van der Waals surface area contributed by atoms with E-state index in [0.717, 1.165) is 29.7 Å². The number of aryl methyl sites for hydroxylation is 1. The number of ether oxygens (including phenoxy) is 1. The summed E-state index contributed by atoms with van der Waals surface area (Å²) in [5, 5.41) is 9.48. The number of rotatable bonds is 8. The van der Waals surface area contributed by atoms with E-state index in [2.05, 4.69) is 0 Å². The molecule has 0 aliphatic heterocycles. The number of carbonyl (C=O) groups is 1. The summed E-state index contributed by atoms with van der Waals surface area (Å²) in [5.74, 6) is 1.61. The van der Waals surface area contributed by atoms with Crippen molar-refractivity contribution in [2.24, 2.45) is 0 Å². The second-order valence-electron chi connectivity index (χ2n) is 8.14. The minimum atomic E-state index is -4.38. The van der Waals surface area contributed by atoms with E-state index >= 15 is 0 Å². The highest BCUT2D eigenvalue weighted by molar-refractivity contribution is 8.00. The van der Waals surface area contributed by atoms with Gasteiger partial charge in [-0.15, -0.1) is 11.8 Å².